The van der Waals surface area contributed by atoms with Crippen LogP contribution in [-0.4, -0.2) is 46.7 Å². The van der Waals surface area contributed by atoms with Crippen LogP contribution in [0.1, 0.15) is 106 Å². The average Bonchev–Trinajstić information content (AvgIpc) is 2.85. The van der Waals surface area contributed by atoms with Crippen LogP contribution < -0.4 is 0 Å². The molecule has 0 radical (unpaired) electrons. The van der Waals surface area contributed by atoms with Crippen molar-refractivity contribution in [1.82, 2.24) is 0 Å². The van der Waals surface area contributed by atoms with Gasteiger partial charge in [0.25, 0.3) is 0 Å². The van der Waals surface area contributed by atoms with Gasteiger partial charge < -0.3 is 20.1 Å². The molecule has 0 bridgehead atoms. The van der Waals surface area contributed by atoms with E-state index in [9.17, 15) is 20.1 Å². The number of aliphatic hydroxyl groups is 2. The number of allylic oxidation sites excluding steroid dienone is 2. The normalized spacial score (nSPS) is 50.5. The highest BCUT2D eigenvalue weighted by Crippen LogP contribution is 2.75. The Kier molecular flexibility index (Phi) is 7.01. The lowest BCUT2D eigenvalue weighted by Gasteiger charge is -2.71. The van der Waals surface area contributed by atoms with Crippen LogP contribution in [0.4, 0.5) is 0 Å². The molecule has 2 unspecified atom stereocenters. The molecule has 0 amide bonds. The van der Waals surface area contributed by atoms with Crippen LogP contribution in [0.2, 0.25) is 0 Å². The zero-order valence-corrected chi connectivity index (χ0v) is 25.1. The summed E-state index contributed by atoms with van der Waals surface area (Å²) in [4.78, 5) is 12.9. The summed E-state index contributed by atoms with van der Waals surface area (Å²) in [6, 6.07) is 0. The molecule has 0 saturated heterocycles. The quantitative estimate of drug-likeness (QED) is 0.355. The first-order valence-corrected chi connectivity index (χ1v) is 15.5. The zero-order chi connectivity index (χ0) is 27.9. The highest BCUT2D eigenvalue weighted by atomic mass is 16.5. The summed E-state index contributed by atoms with van der Waals surface area (Å²) in [5, 5.41) is 29.8. The molecular weight excluding hydrogens is 476 g/mol. The molecule has 38 heavy (non-hydrogen) atoms. The number of rotatable bonds is 5. The molecule has 4 fully saturated rings. The smallest absolute Gasteiger partial charge is 0.310 e. The Morgan fingerprint density at radius 2 is 1.71 bits per heavy atom. The van der Waals surface area contributed by atoms with Crippen molar-refractivity contribution in [3.05, 3.63) is 11.6 Å². The highest BCUT2D eigenvalue weighted by Gasteiger charge is 2.69. The van der Waals surface area contributed by atoms with E-state index in [1.54, 1.807) is 0 Å². The largest absolute Gasteiger partial charge is 0.481 e. The molecule has 11 atom stereocenters. The van der Waals surface area contributed by atoms with Gasteiger partial charge in [0.1, 0.15) is 6.10 Å². The van der Waals surface area contributed by atoms with Crippen molar-refractivity contribution in [3.63, 3.8) is 0 Å². The number of carboxylic acid groups (broad SMARTS) is 1. The van der Waals surface area contributed by atoms with Gasteiger partial charge in [0.05, 0.1) is 24.7 Å². The number of hydrogen-bond acceptors (Lipinski definition) is 4. The van der Waals surface area contributed by atoms with Gasteiger partial charge in [-0.2, -0.15) is 0 Å². The van der Waals surface area contributed by atoms with Crippen LogP contribution in [-0.2, 0) is 9.53 Å². The minimum absolute atomic E-state index is 0.00720. The molecule has 0 heterocycles. The molecule has 0 aromatic heterocycles. The third-order valence-corrected chi connectivity index (χ3v) is 14.1. The standard InChI is InChI=1S/C33H54O5/c1-20-10-15-33(28(36)37)17-16-31(6)23(27(33)21(20)2)8-9-25-30(5)13-12-26(38-19-22(35)18-34)29(3,4)24(30)11-14-32(25,31)7/h8,20-22,24-27,34-35H,9-19H2,1-7H3,(H,36,37)/t20-,21+,22?,24+,25-,26+,27?,30+,31-,32-,33+/m1/s1. The fourth-order valence-corrected chi connectivity index (χ4v) is 11.4. The van der Waals surface area contributed by atoms with E-state index in [1.165, 1.54) is 18.4 Å². The number of carbonyl (C=O) groups is 1. The molecule has 0 aromatic carbocycles. The van der Waals surface area contributed by atoms with E-state index < -0.39 is 17.5 Å². The summed E-state index contributed by atoms with van der Waals surface area (Å²) in [7, 11) is 0. The Bertz CT molecular complexity index is 972. The van der Waals surface area contributed by atoms with Gasteiger partial charge in [-0.25, -0.2) is 0 Å². The van der Waals surface area contributed by atoms with Crippen LogP contribution >= 0.6 is 0 Å². The van der Waals surface area contributed by atoms with Crippen LogP contribution in [0.3, 0.4) is 0 Å². The Morgan fingerprint density at radius 3 is 2.37 bits per heavy atom. The number of aliphatic carboxylic acids is 1. The van der Waals surface area contributed by atoms with Crippen molar-refractivity contribution in [3.8, 4) is 0 Å². The van der Waals surface area contributed by atoms with E-state index >= 15 is 0 Å². The fraction of sp³-hybridized carbons (Fsp3) is 0.909. The Morgan fingerprint density at radius 1 is 1.00 bits per heavy atom. The maximum atomic E-state index is 12.9. The maximum absolute atomic E-state index is 12.9. The molecule has 0 spiro atoms. The Balaban J connectivity index is 1.50. The van der Waals surface area contributed by atoms with E-state index in [2.05, 4.69) is 54.5 Å². The average molecular weight is 531 g/mol. The molecule has 5 rings (SSSR count). The summed E-state index contributed by atoms with van der Waals surface area (Å²) in [5.74, 6) is 1.67. The monoisotopic (exact) mass is 530 g/mol. The predicted octanol–water partition coefficient (Wildman–Crippen LogP) is 6.47. The Labute approximate surface area is 230 Å². The number of hydrogen-bond donors (Lipinski definition) is 3. The third kappa shape index (κ3) is 3.69. The van der Waals surface area contributed by atoms with Crippen molar-refractivity contribution in [2.24, 2.45) is 56.7 Å². The summed E-state index contributed by atoms with van der Waals surface area (Å²) >= 11 is 0. The third-order valence-electron chi connectivity index (χ3n) is 14.1. The van der Waals surface area contributed by atoms with E-state index in [0.717, 1.165) is 44.9 Å². The lowest BCUT2D eigenvalue weighted by molar-refractivity contribution is -0.217. The molecule has 216 valence electrons. The van der Waals surface area contributed by atoms with E-state index in [1.807, 2.05) is 0 Å². The number of fused-ring (bicyclic) bond motifs is 7. The van der Waals surface area contributed by atoms with Gasteiger partial charge in [-0.15, -0.1) is 0 Å². The lowest BCUT2D eigenvalue weighted by atomic mass is 9.33. The van der Waals surface area contributed by atoms with E-state index in [0.29, 0.717) is 23.7 Å². The van der Waals surface area contributed by atoms with Crippen LogP contribution in [0.15, 0.2) is 11.6 Å². The van der Waals surface area contributed by atoms with Gasteiger partial charge in [-0.05, 0) is 109 Å². The zero-order valence-electron chi connectivity index (χ0n) is 25.1. The first kappa shape index (κ1) is 28.6. The van der Waals surface area contributed by atoms with Crippen LogP contribution in [0.25, 0.3) is 0 Å². The number of ether oxygens (including phenoxy) is 1. The molecule has 5 aliphatic rings. The summed E-state index contributed by atoms with van der Waals surface area (Å²) in [6.07, 6.45) is 11.0. The molecule has 0 aromatic rings. The predicted molar refractivity (Wildman–Crippen MR) is 149 cm³/mol. The lowest BCUT2D eigenvalue weighted by Crippen LogP contribution is -2.65. The number of aliphatic hydroxyl groups excluding tert-OH is 2. The summed E-state index contributed by atoms with van der Waals surface area (Å²) in [6.45, 7) is 17.0. The van der Waals surface area contributed by atoms with Gasteiger partial charge in [0, 0.05) is 0 Å². The molecule has 5 nitrogen and oxygen atoms in total. The second kappa shape index (κ2) is 9.31. The van der Waals surface area contributed by atoms with Crippen LogP contribution in [0, 0.1) is 56.7 Å². The molecule has 5 heteroatoms. The van der Waals surface area contributed by atoms with Crippen LogP contribution in [0.5, 0.6) is 0 Å². The van der Waals surface area contributed by atoms with Gasteiger partial charge in [-0.1, -0.05) is 60.1 Å². The fourth-order valence-electron chi connectivity index (χ4n) is 11.4. The second-order valence-electron chi connectivity index (χ2n) is 15.6. The van der Waals surface area contributed by atoms with Crippen molar-refractivity contribution >= 4 is 5.97 Å². The van der Waals surface area contributed by atoms with Crippen molar-refractivity contribution < 1.29 is 24.9 Å². The first-order valence-electron chi connectivity index (χ1n) is 15.5. The SMILES string of the molecule is C[C@@H]1CC[C@]2(C(=O)O)CC[C@]3(C)C(=CC[C@@H]4[C@@]5(C)CC[C@H](OCC(O)CO)C(C)(C)[C@@H]5CC[C@]43C)C2[C@H]1C. The highest BCUT2D eigenvalue weighted by molar-refractivity contribution is 5.76. The molecule has 3 N–H and O–H groups in total. The van der Waals surface area contributed by atoms with Crippen molar-refractivity contribution in [2.75, 3.05) is 13.2 Å². The minimum atomic E-state index is -0.815. The number of carboxylic acids is 1. The van der Waals surface area contributed by atoms with Gasteiger partial charge >= 0.3 is 5.97 Å². The molecular formula is C33H54O5. The van der Waals surface area contributed by atoms with Crippen molar-refractivity contribution in [1.29, 1.82) is 0 Å². The maximum Gasteiger partial charge on any atom is 0.310 e. The summed E-state index contributed by atoms with van der Waals surface area (Å²) in [5.41, 5.74) is 1.31. The molecule has 4 saturated carbocycles. The second-order valence-corrected chi connectivity index (χ2v) is 15.6. The molecule has 5 aliphatic carbocycles. The van der Waals surface area contributed by atoms with E-state index in [4.69, 9.17) is 4.74 Å². The van der Waals surface area contributed by atoms with Gasteiger partial charge in [0.2, 0.25) is 0 Å². The summed E-state index contributed by atoms with van der Waals surface area (Å²) < 4.78 is 6.25. The van der Waals surface area contributed by atoms with Crippen molar-refractivity contribution in [2.45, 2.75) is 118 Å². The Hall–Kier alpha value is -0.910. The van der Waals surface area contributed by atoms with Gasteiger partial charge in [-0.3, -0.25) is 4.79 Å². The van der Waals surface area contributed by atoms with E-state index in [-0.39, 0.29) is 46.9 Å². The molecule has 0 aliphatic heterocycles. The van der Waals surface area contributed by atoms with Gasteiger partial charge in [0.15, 0.2) is 0 Å². The minimum Gasteiger partial charge on any atom is -0.481 e. The topological polar surface area (TPSA) is 87.0 Å². The first-order chi connectivity index (χ1) is 17.7.